The normalized spacial score (nSPS) is 13.7. The van der Waals surface area contributed by atoms with Gasteiger partial charge in [-0.3, -0.25) is 9.00 Å². The van der Waals surface area contributed by atoms with E-state index in [4.69, 9.17) is 23.2 Å². The number of hydrogen-bond acceptors (Lipinski definition) is 2. The minimum absolute atomic E-state index is 0.119. The molecule has 0 bridgehead atoms. The fourth-order valence-electron chi connectivity index (χ4n) is 1.75. The highest BCUT2D eigenvalue weighted by molar-refractivity contribution is 7.86. The molecule has 0 N–H and O–H groups in total. The summed E-state index contributed by atoms with van der Waals surface area (Å²) in [5.41, 5.74) is 0.424. The molecule has 0 aliphatic carbocycles. The van der Waals surface area contributed by atoms with E-state index in [1.807, 2.05) is 0 Å². The molecule has 0 aliphatic heterocycles. The topological polar surface area (TPSA) is 34.1 Å². The molecule has 0 saturated carbocycles. The van der Waals surface area contributed by atoms with E-state index in [1.165, 1.54) is 12.1 Å². The number of carbonyl (C=O) groups is 1. The van der Waals surface area contributed by atoms with Gasteiger partial charge in [0.05, 0.1) is 21.1 Å². The van der Waals surface area contributed by atoms with Crippen LogP contribution in [0.1, 0.15) is 17.3 Å². The minimum atomic E-state index is -1.62. The lowest BCUT2D eigenvalue weighted by Crippen LogP contribution is -2.22. The predicted octanol–water partition coefficient (Wildman–Crippen LogP) is 4.51. The van der Waals surface area contributed by atoms with Crippen LogP contribution in [-0.4, -0.2) is 15.2 Å². The first-order valence-electron chi connectivity index (χ1n) is 6.05. The third-order valence-corrected chi connectivity index (χ3v) is 5.06. The van der Waals surface area contributed by atoms with Crippen LogP contribution in [0.15, 0.2) is 47.4 Å². The van der Waals surface area contributed by atoms with Crippen LogP contribution in [0.4, 0.5) is 4.39 Å². The van der Waals surface area contributed by atoms with Crippen molar-refractivity contribution in [2.75, 3.05) is 0 Å². The van der Waals surface area contributed by atoms with E-state index in [-0.39, 0.29) is 10.8 Å². The number of hydrogen-bond donors (Lipinski definition) is 0. The Kier molecular flexibility index (Phi) is 5.14. The van der Waals surface area contributed by atoms with Gasteiger partial charge < -0.3 is 0 Å². The van der Waals surface area contributed by atoms with E-state index >= 15 is 0 Å². The first-order chi connectivity index (χ1) is 9.90. The quantitative estimate of drug-likeness (QED) is 0.764. The maximum absolute atomic E-state index is 13.1. The second-order valence-electron chi connectivity index (χ2n) is 4.39. The molecule has 0 heterocycles. The van der Waals surface area contributed by atoms with Crippen molar-refractivity contribution in [3.63, 3.8) is 0 Å². The molecule has 2 rings (SSSR count). The van der Waals surface area contributed by atoms with Gasteiger partial charge in [-0.2, -0.15) is 0 Å². The van der Waals surface area contributed by atoms with Gasteiger partial charge in [-0.25, -0.2) is 4.39 Å². The molecule has 0 amide bonds. The van der Waals surface area contributed by atoms with Gasteiger partial charge in [0.1, 0.15) is 5.82 Å². The Morgan fingerprint density at radius 3 is 2.33 bits per heavy atom. The van der Waals surface area contributed by atoms with Gasteiger partial charge in [-0.05, 0) is 49.4 Å². The lowest BCUT2D eigenvalue weighted by molar-refractivity contribution is 0.0992. The Morgan fingerprint density at radius 1 is 1.14 bits per heavy atom. The highest BCUT2D eigenvalue weighted by Crippen LogP contribution is 2.22. The molecule has 0 aliphatic rings. The van der Waals surface area contributed by atoms with Crippen molar-refractivity contribution in [2.45, 2.75) is 17.1 Å². The minimum Gasteiger partial charge on any atom is -0.293 e. The summed E-state index contributed by atoms with van der Waals surface area (Å²) in [6.07, 6.45) is 0. The number of Topliss-reactive ketones (excluding diaryl/α,β-unsaturated/α-hetero) is 1. The van der Waals surface area contributed by atoms with Crippen LogP contribution < -0.4 is 0 Å². The van der Waals surface area contributed by atoms with Crippen molar-refractivity contribution in [1.29, 1.82) is 0 Å². The number of halogens is 3. The Labute approximate surface area is 134 Å². The molecule has 0 spiro atoms. The summed E-state index contributed by atoms with van der Waals surface area (Å²) in [7, 11) is -1.62. The number of rotatable bonds is 4. The van der Waals surface area contributed by atoms with Crippen LogP contribution >= 0.6 is 23.2 Å². The summed E-state index contributed by atoms with van der Waals surface area (Å²) in [5, 5.41) is -0.370. The molecule has 110 valence electrons. The van der Waals surface area contributed by atoms with Gasteiger partial charge in [-0.15, -0.1) is 0 Å². The van der Waals surface area contributed by atoms with E-state index in [2.05, 4.69) is 0 Å². The van der Waals surface area contributed by atoms with Gasteiger partial charge >= 0.3 is 0 Å². The number of ketones is 1. The molecule has 2 nitrogen and oxygen atoms in total. The van der Waals surface area contributed by atoms with E-state index in [0.717, 1.165) is 6.07 Å². The fraction of sp³-hybridized carbons (Fsp3) is 0.133. The Morgan fingerprint density at radius 2 is 1.76 bits per heavy atom. The summed E-state index contributed by atoms with van der Waals surface area (Å²) in [5.74, 6) is -0.862. The number of benzene rings is 2. The second-order valence-corrected chi connectivity index (χ2v) is 7.00. The molecule has 2 aromatic carbocycles. The summed E-state index contributed by atoms with van der Waals surface area (Å²) >= 11 is 11.4. The molecular formula is C15H11Cl2FO2S. The molecule has 2 atom stereocenters. The summed E-state index contributed by atoms with van der Waals surface area (Å²) < 4.78 is 25.5. The van der Waals surface area contributed by atoms with E-state index in [9.17, 15) is 13.4 Å². The lowest BCUT2D eigenvalue weighted by atomic mass is 10.1. The standard InChI is InChI=1S/C15H11Cl2FO2S/c1-9(15(19)10-2-4-11(16)5-3-10)21(20)12-6-7-14(18)13(17)8-12/h2-9H,1H3. The Hall–Kier alpha value is -1.23. The van der Waals surface area contributed by atoms with Crippen molar-refractivity contribution in [3.05, 3.63) is 63.9 Å². The summed E-state index contributed by atoms with van der Waals surface area (Å²) in [6.45, 7) is 1.56. The monoisotopic (exact) mass is 344 g/mol. The maximum Gasteiger partial charge on any atom is 0.178 e. The molecule has 2 unspecified atom stereocenters. The highest BCUT2D eigenvalue weighted by Gasteiger charge is 2.23. The van der Waals surface area contributed by atoms with E-state index in [0.29, 0.717) is 15.5 Å². The Balaban J connectivity index is 2.24. The molecule has 0 aromatic heterocycles. The molecule has 0 fully saturated rings. The highest BCUT2D eigenvalue weighted by atomic mass is 35.5. The third-order valence-electron chi connectivity index (χ3n) is 2.94. The van der Waals surface area contributed by atoms with Gasteiger partial charge in [0.15, 0.2) is 5.78 Å². The molecule has 0 saturated heterocycles. The van der Waals surface area contributed by atoms with Crippen molar-refractivity contribution >= 4 is 39.8 Å². The first-order valence-corrected chi connectivity index (χ1v) is 8.02. The summed E-state index contributed by atoms with van der Waals surface area (Å²) in [6, 6.07) is 10.1. The number of carbonyl (C=O) groups excluding carboxylic acids is 1. The maximum atomic E-state index is 13.1. The molecular weight excluding hydrogens is 334 g/mol. The zero-order valence-corrected chi connectivity index (χ0v) is 13.3. The van der Waals surface area contributed by atoms with Crippen molar-refractivity contribution < 1.29 is 13.4 Å². The zero-order chi connectivity index (χ0) is 15.6. The molecule has 6 heteroatoms. The smallest absolute Gasteiger partial charge is 0.178 e. The van der Waals surface area contributed by atoms with Crippen LogP contribution in [-0.2, 0) is 10.8 Å². The van der Waals surface area contributed by atoms with Crippen LogP contribution in [0.5, 0.6) is 0 Å². The SMILES string of the molecule is CC(C(=O)c1ccc(Cl)cc1)S(=O)c1ccc(F)c(Cl)c1. The average Bonchev–Trinajstić information content (AvgIpc) is 2.48. The van der Waals surface area contributed by atoms with Crippen molar-refractivity contribution in [3.8, 4) is 0 Å². The van der Waals surface area contributed by atoms with Gasteiger partial charge in [-0.1, -0.05) is 23.2 Å². The van der Waals surface area contributed by atoms with Crippen molar-refractivity contribution in [1.82, 2.24) is 0 Å². The largest absolute Gasteiger partial charge is 0.293 e. The second kappa shape index (κ2) is 6.69. The average molecular weight is 345 g/mol. The molecule has 0 radical (unpaired) electrons. The molecule has 2 aromatic rings. The first kappa shape index (κ1) is 16.1. The Bertz CT molecular complexity index is 701. The van der Waals surface area contributed by atoms with Gasteiger partial charge in [0, 0.05) is 15.5 Å². The zero-order valence-electron chi connectivity index (χ0n) is 11.0. The predicted molar refractivity (Wildman–Crippen MR) is 83.1 cm³/mol. The van der Waals surface area contributed by atoms with E-state index < -0.39 is 21.9 Å². The molecule has 21 heavy (non-hydrogen) atoms. The van der Waals surface area contributed by atoms with Gasteiger partial charge in [0.2, 0.25) is 0 Å². The van der Waals surface area contributed by atoms with Crippen LogP contribution in [0.25, 0.3) is 0 Å². The van der Waals surface area contributed by atoms with Crippen LogP contribution in [0, 0.1) is 5.82 Å². The van der Waals surface area contributed by atoms with Crippen LogP contribution in [0.2, 0.25) is 10.0 Å². The van der Waals surface area contributed by atoms with E-state index in [1.54, 1.807) is 31.2 Å². The lowest BCUT2D eigenvalue weighted by Gasteiger charge is -2.11. The van der Waals surface area contributed by atoms with Gasteiger partial charge in [0.25, 0.3) is 0 Å². The third kappa shape index (κ3) is 3.70. The fourth-order valence-corrected chi connectivity index (χ4v) is 3.30. The summed E-state index contributed by atoms with van der Waals surface area (Å²) in [4.78, 5) is 12.6. The van der Waals surface area contributed by atoms with Crippen molar-refractivity contribution in [2.24, 2.45) is 0 Å². The van der Waals surface area contributed by atoms with Crippen LogP contribution in [0.3, 0.4) is 0 Å².